The molecule has 1 atom stereocenters. The van der Waals surface area contributed by atoms with Gasteiger partial charge in [0.2, 0.25) is 5.91 Å². The van der Waals surface area contributed by atoms with Gasteiger partial charge in [0.25, 0.3) is 5.69 Å². The molecule has 3 rings (SSSR count). The second kappa shape index (κ2) is 8.44. The van der Waals surface area contributed by atoms with E-state index < -0.39 is 16.8 Å². The van der Waals surface area contributed by atoms with Crippen LogP contribution in [0.25, 0.3) is 0 Å². The number of hydrogen-bond donors (Lipinski definition) is 0. The number of amides is 1. The van der Waals surface area contributed by atoms with Gasteiger partial charge in [-0.15, -0.1) is 0 Å². The van der Waals surface area contributed by atoms with E-state index in [9.17, 15) is 19.7 Å². The first-order valence-electron chi connectivity index (χ1n) is 8.74. The number of non-ortho nitro benzene ring substituents is 1. The molecule has 1 aliphatic rings. The Morgan fingerprint density at radius 1 is 1.11 bits per heavy atom. The van der Waals surface area contributed by atoms with E-state index >= 15 is 0 Å². The molecule has 0 N–H and O–H groups in total. The van der Waals surface area contributed by atoms with Crippen molar-refractivity contribution < 1.29 is 19.2 Å². The molecule has 1 aliphatic heterocycles. The molecule has 1 saturated heterocycles. The van der Waals surface area contributed by atoms with Crippen LogP contribution in [0, 0.1) is 16.0 Å². The molecular formula is C20H20N2O5. The summed E-state index contributed by atoms with van der Waals surface area (Å²) in [6.45, 7) is 0.977. The van der Waals surface area contributed by atoms with Crippen LogP contribution in [0.15, 0.2) is 54.6 Å². The lowest BCUT2D eigenvalue weighted by Gasteiger charge is -2.16. The summed E-state index contributed by atoms with van der Waals surface area (Å²) in [6, 6.07) is 15.7. The van der Waals surface area contributed by atoms with Crippen LogP contribution >= 0.6 is 0 Å². The van der Waals surface area contributed by atoms with Crippen LogP contribution in [0.1, 0.15) is 17.5 Å². The third kappa shape index (κ3) is 4.91. The number of nitro groups is 1. The van der Waals surface area contributed by atoms with Crippen molar-refractivity contribution in [3.8, 4) is 0 Å². The standard InChI is InChI=1S/C20H20N2O5/c23-19-12-17(13-21(19)11-10-15-4-2-1-3-5-15)20(24)27-14-16-6-8-18(9-7-16)22(25)26/h1-9,17H,10-14H2/t17-/m0/s1. The van der Waals surface area contributed by atoms with Crippen molar-refractivity contribution in [3.05, 3.63) is 75.8 Å². The summed E-state index contributed by atoms with van der Waals surface area (Å²) >= 11 is 0. The minimum atomic E-state index is -0.482. The van der Waals surface area contributed by atoms with E-state index in [0.29, 0.717) is 18.7 Å². The highest BCUT2D eigenvalue weighted by molar-refractivity contribution is 5.86. The number of benzene rings is 2. The van der Waals surface area contributed by atoms with E-state index in [-0.39, 0.29) is 24.6 Å². The number of hydrogen-bond acceptors (Lipinski definition) is 5. The van der Waals surface area contributed by atoms with Gasteiger partial charge in [0.15, 0.2) is 0 Å². The molecular weight excluding hydrogens is 348 g/mol. The number of nitrogens with zero attached hydrogens (tertiary/aromatic N) is 2. The SMILES string of the molecule is O=C(OCc1ccc([N+](=O)[O-])cc1)[C@H]1CC(=O)N(CCc2ccccc2)C1. The van der Waals surface area contributed by atoms with Crippen molar-refractivity contribution in [1.82, 2.24) is 4.90 Å². The first-order chi connectivity index (χ1) is 13.0. The Kier molecular flexibility index (Phi) is 5.80. The number of rotatable bonds is 7. The van der Waals surface area contributed by atoms with Crippen LogP contribution in [0.5, 0.6) is 0 Å². The highest BCUT2D eigenvalue weighted by Gasteiger charge is 2.35. The largest absolute Gasteiger partial charge is 0.461 e. The highest BCUT2D eigenvalue weighted by Crippen LogP contribution is 2.21. The fourth-order valence-corrected chi connectivity index (χ4v) is 3.04. The summed E-state index contributed by atoms with van der Waals surface area (Å²) in [6.07, 6.45) is 0.908. The molecule has 7 heteroatoms. The van der Waals surface area contributed by atoms with E-state index in [1.807, 2.05) is 30.3 Å². The van der Waals surface area contributed by atoms with Crippen LogP contribution in [0.4, 0.5) is 5.69 Å². The molecule has 2 aromatic carbocycles. The Hall–Kier alpha value is -3.22. The summed E-state index contributed by atoms with van der Waals surface area (Å²) in [4.78, 5) is 36.2. The summed E-state index contributed by atoms with van der Waals surface area (Å²) in [5, 5.41) is 10.6. The first kappa shape index (κ1) is 18.6. The van der Waals surface area contributed by atoms with E-state index in [0.717, 1.165) is 12.0 Å². The second-order valence-electron chi connectivity index (χ2n) is 6.51. The van der Waals surface area contributed by atoms with E-state index in [2.05, 4.69) is 0 Å². The topological polar surface area (TPSA) is 89.7 Å². The number of likely N-dealkylation sites (tertiary alicyclic amines) is 1. The van der Waals surface area contributed by atoms with Crippen LogP contribution in [-0.2, 0) is 27.4 Å². The Balaban J connectivity index is 1.47. The van der Waals surface area contributed by atoms with Gasteiger partial charge in [-0.25, -0.2) is 0 Å². The molecule has 0 spiro atoms. The summed E-state index contributed by atoms with van der Waals surface area (Å²) in [5.41, 5.74) is 1.80. The summed E-state index contributed by atoms with van der Waals surface area (Å²) in [5.74, 6) is -0.918. The third-order valence-electron chi connectivity index (χ3n) is 4.59. The normalized spacial score (nSPS) is 16.4. The molecule has 0 unspecified atom stereocenters. The lowest BCUT2D eigenvalue weighted by molar-refractivity contribution is -0.384. The smallest absolute Gasteiger partial charge is 0.311 e. The van der Waals surface area contributed by atoms with Crippen molar-refractivity contribution in [1.29, 1.82) is 0 Å². The first-order valence-corrected chi connectivity index (χ1v) is 8.74. The average Bonchev–Trinajstić information content (AvgIpc) is 3.06. The number of carbonyl (C=O) groups is 2. The minimum absolute atomic E-state index is 0.0134. The van der Waals surface area contributed by atoms with Gasteiger partial charge < -0.3 is 9.64 Å². The number of nitro benzene ring substituents is 1. The van der Waals surface area contributed by atoms with Gasteiger partial charge in [-0.3, -0.25) is 19.7 Å². The number of ether oxygens (including phenoxy) is 1. The zero-order chi connectivity index (χ0) is 19.2. The van der Waals surface area contributed by atoms with Gasteiger partial charge in [0, 0.05) is 31.6 Å². The van der Waals surface area contributed by atoms with Crippen LogP contribution in [-0.4, -0.2) is 34.8 Å². The quantitative estimate of drug-likeness (QED) is 0.426. The maximum Gasteiger partial charge on any atom is 0.311 e. The molecule has 140 valence electrons. The molecule has 27 heavy (non-hydrogen) atoms. The molecule has 1 fully saturated rings. The summed E-state index contributed by atoms with van der Waals surface area (Å²) < 4.78 is 5.28. The predicted molar refractivity (Wildman–Crippen MR) is 97.7 cm³/mol. The lowest BCUT2D eigenvalue weighted by Crippen LogP contribution is -2.28. The second-order valence-corrected chi connectivity index (χ2v) is 6.51. The monoisotopic (exact) mass is 368 g/mol. The summed E-state index contributed by atoms with van der Waals surface area (Å²) in [7, 11) is 0. The lowest BCUT2D eigenvalue weighted by atomic mass is 10.1. The Labute approximate surface area is 156 Å². The molecule has 0 bridgehead atoms. The van der Waals surface area contributed by atoms with Crippen molar-refractivity contribution in [3.63, 3.8) is 0 Å². The zero-order valence-corrected chi connectivity index (χ0v) is 14.7. The van der Waals surface area contributed by atoms with Gasteiger partial charge in [-0.1, -0.05) is 30.3 Å². The van der Waals surface area contributed by atoms with Crippen LogP contribution < -0.4 is 0 Å². The molecule has 0 saturated carbocycles. The Morgan fingerprint density at radius 3 is 2.48 bits per heavy atom. The number of carbonyl (C=O) groups excluding carboxylic acids is 2. The van der Waals surface area contributed by atoms with E-state index in [1.165, 1.54) is 12.1 Å². The zero-order valence-electron chi connectivity index (χ0n) is 14.7. The Bertz CT molecular complexity index is 820. The van der Waals surface area contributed by atoms with Crippen molar-refractivity contribution in [2.75, 3.05) is 13.1 Å². The molecule has 2 aromatic rings. The molecule has 1 heterocycles. The fraction of sp³-hybridized carbons (Fsp3) is 0.300. The Morgan fingerprint density at radius 2 is 1.81 bits per heavy atom. The van der Waals surface area contributed by atoms with Gasteiger partial charge >= 0.3 is 5.97 Å². The van der Waals surface area contributed by atoms with Crippen LogP contribution in [0.3, 0.4) is 0 Å². The fourth-order valence-electron chi connectivity index (χ4n) is 3.04. The predicted octanol–water partition coefficient (Wildman–Crippen LogP) is 2.73. The molecule has 7 nitrogen and oxygen atoms in total. The maximum atomic E-state index is 12.2. The molecule has 0 aliphatic carbocycles. The van der Waals surface area contributed by atoms with Crippen molar-refractivity contribution in [2.45, 2.75) is 19.4 Å². The van der Waals surface area contributed by atoms with Gasteiger partial charge in [-0.05, 0) is 29.7 Å². The minimum Gasteiger partial charge on any atom is -0.461 e. The average molecular weight is 368 g/mol. The van der Waals surface area contributed by atoms with Crippen molar-refractivity contribution >= 4 is 17.6 Å². The van der Waals surface area contributed by atoms with Gasteiger partial charge in [0.05, 0.1) is 10.8 Å². The van der Waals surface area contributed by atoms with Gasteiger partial charge in [0.1, 0.15) is 6.61 Å². The molecule has 0 radical (unpaired) electrons. The van der Waals surface area contributed by atoms with E-state index in [4.69, 9.17) is 4.74 Å². The molecule has 1 amide bonds. The maximum absolute atomic E-state index is 12.2. The third-order valence-corrected chi connectivity index (χ3v) is 4.59. The van der Waals surface area contributed by atoms with Crippen molar-refractivity contribution in [2.24, 2.45) is 5.92 Å². The van der Waals surface area contributed by atoms with Crippen LogP contribution in [0.2, 0.25) is 0 Å². The van der Waals surface area contributed by atoms with E-state index in [1.54, 1.807) is 17.0 Å². The highest BCUT2D eigenvalue weighted by atomic mass is 16.6. The number of esters is 1. The molecule has 0 aromatic heterocycles. The van der Waals surface area contributed by atoms with Gasteiger partial charge in [-0.2, -0.15) is 0 Å².